The average Bonchev–Trinajstić information content (AvgIpc) is 2.40. The van der Waals surface area contributed by atoms with Crippen molar-refractivity contribution in [1.82, 2.24) is 4.90 Å². The van der Waals surface area contributed by atoms with Gasteiger partial charge in [-0.2, -0.15) is 0 Å². The molecule has 0 aromatic heterocycles. The van der Waals surface area contributed by atoms with Crippen molar-refractivity contribution in [2.45, 2.75) is 31.8 Å². The molecule has 2 unspecified atom stereocenters. The summed E-state index contributed by atoms with van der Waals surface area (Å²) in [5.41, 5.74) is 13.2. The highest BCUT2D eigenvalue weighted by Crippen LogP contribution is 2.21. The molecular weight excluding hydrogens is 222 g/mol. The van der Waals surface area contributed by atoms with Crippen LogP contribution in [0.25, 0.3) is 0 Å². The number of nitrogens with two attached hydrogens (primary N) is 2. The smallest absolute Gasteiger partial charge is 0.0233 e. The molecule has 3 nitrogen and oxygen atoms in total. The summed E-state index contributed by atoms with van der Waals surface area (Å²) in [5, 5.41) is 0. The molecule has 0 spiro atoms. The Morgan fingerprint density at radius 1 is 1.28 bits per heavy atom. The maximum Gasteiger partial charge on any atom is 0.0233 e. The number of piperidine rings is 1. The molecule has 4 N–H and O–H groups in total. The Balaban J connectivity index is 1.87. The van der Waals surface area contributed by atoms with Crippen LogP contribution in [-0.2, 0) is 6.54 Å². The van der Waals surface area contributed by atoms with E-state index in [0.717, 1.165) is 19.5 Å². The molecule has 0 saturated carbocycles. The van der Waals surface area contributed by atoms with E-state index >= 15 is 0 Å². The van der Waals surface area contributed by atoms with Crippen molar-refractivity contribution in [2.24, 2.45) is 17.4 Å². The van der Waals surface area contributed by atoms with Crippen LogP contribution >= 0.6 is 0 Å². The van der Waals surface area contributed by atoms with Gasteiger partial charge >= 0.3 is 0 Å². The van der Waals surface area contributed by atoms with E-state index in [1.54, 1.807) is 0 Å². The summed E-state index contributed by atoms with van der Waals surface area (Å²) in [6.45, 7) is 4.07. The van der Waals surface area contributed by atoms with Gasteiger partial charge in [0.2, 0.25) is 0 Å². The van der Waals surface area contributed by atoms with Crippen LogP contribution in [0.3, 0.4) is 0 Å². The van der Waals surface area contributed by atoms with Crippen molar-refractivity contribution in [3.05, 3.63) is 35.9 Å². The number of rotatable bonds is 5. The predicted octanol–water partition coefficient (Wildman–Crippen LogP) is 1.57. The van der Waals surface area contributed by atoms with Crippen LogP contribution in [0.4, 0.5) is 0 Å². The largest absolute Gasteiger partial charge is 0.330 e. The highest BCUT2D eigenvalue weighted by molar-refractivity contribution is 5.14. The third-order valence-electron chi connectivity index (χ3n) is 3.90. The maximum atomic E-state index is 6.21. The third-order valence-corrected chi connectivity index (χ3v) is 3.90. The van der Waals surface area contributed by atoms with Crippen molar-refractivity contribution in [2.75, 3.05) is 19.6 Å². The zero-order chi connectivity index (χ0) is 12.8. The van der Waals surface area contributed by atoms with Gasteiger partial charge < -0.3 is 11.5 Å². The zero-order valence-electron chi connectivity index (χ0n) is 11.1. The minimum atomic E-state index is 0.272. The number of benzene rings is 1. The molecule has 1 aromatic carbocycles. The summed E-state index contributed by atoms with van der Waals surface area (Å²) in [4.78, 5) is 2.53. The second-order valence-corrected chi connectivity index (χ2v) is 5.36. The number of hydrogen-bond acceptors (Lipinski definition) is 3. The van der Waals surface area contributed by atoms with Crippen molar-refractivity contribution >= 4 is 0 Å². The van der Waals surface area contributed by atoms with Gasteiger partial charge in [-0.1, -0.05) is 30.3 Å². The summed E-state index contributed by atoms with van der Waals surface area (Å²) in [5.74, 6) is 0.617. The van der Waals surface area contributed by atoms with Crippen LogP contribution in [0, 0.1) is 5.92 Å². The van der Waals surface area contributed by atoms with Gasteiger partial charge in [0.1, 0.15) is 0 Å². The Morgan fingerprint density at radius 2 is 2.06 bits per heavy atom. The lowest BCUT2D eigenvalue weighted by molar-refractivity contribution is 0.148. The second kappa shape index (κ2) is 6.88. The van der Waals surface area contributed by atoms with E-state index in [1.165, 1.54) is 24.9 Å². The predicted molar refractivity (Wildman–Crippen MR) is 76.1 cm³/mol. The van der Waals surface area contributed by atoms with Gasteiger partial charge in [-0.25, -0.2) is 0 Å². The van der Waals surface area contributed by atoms with Crippen molar-refractivity contribution in [3.63, 3.8) is 0 Å². The summed E-state index contributed by atoms with van der Waals surface area (Å²) in [6.07, 6.45) is 3.46. The van der Waals surface area contributed by atoms with Gasteiger partial charge in [0.15, 0.2) is 0 Å². The van der Waals surface area contributed by atoms with Crippen molar-refractivity contribution < 1.29 is 0 Å². The third kappa shape index (κ3) is 3.80. The molecule has 1 aliphatic heterocycles. The van der Waals surface area contributed by atoms with Gasteiger partial charge in [0, 0.05) is 19.1 Å². The average molecular weight is 247 g/mol. The molecule has 1 aromatic rings. The number of likely N-dealkylation sites (tertiary alicyclic amines) is 1. The standard InChI is InChI=1S/C15H25N3/c16-9-8-15(17)14-7-4-10-18(12-14)11-13-5-2-1-3-6-13/h1-3,5-6,14-15H,4,7-12,16-17H2. The molecule has 1 fully saturated rings. The minimum absolute atomic E-state index is 0.272. The Bertz CT molecular complexity index is 339. The number of hydrogen-bond donors (Lipinski definition) is 2. The molecule has 2 atom stereocenters. The van der Waals surface area contributed by atoms with Gasteiger partial charge in [0.05, 0.1) is 0 Å². The van der Waals surface area contributed by atoms with E-state index in [2.05, 4.69) is 35.2 Å². The first-order chi connectivity index (χ1) is 8.79. The fraction of sp³-hybridized carbons (Fsp3) is 0.600. The Kier molecular flexibility index (Phi) is 5.17. The van der Waals surface area contributed by atoms with E-state index in [4.69, 9.17) is 11.5 Å². The summed E-state index contributed by atoms with van der Waals surface area (Å²) in [7, 11) is 0. The molecule has 1 saturated heterocycles. The molecule has 100 valence electrons. The van der Waals surface area contributed by atoms with Crippen LogP contribution in [0.1, 0.15) is 24.8 Å². The van der Waals surface area contributed by atoms with Crippen LogP contribution in [0.15, 0.2) is 30.3 Å². The lowest BCUT2D eigenvalue weighted by atomic mass is 9.89. The Morgan fingerprint density at radius 3 is 2.78 bits per heavy atom. The van der Waals surface area contributed by atoms with Crippen molar-refractivity contribution in [1.29, 1.82) is 0 Å². The van der Waals surface area contributed by atoms with Crippen LogP contribution in [0.2, 0.25) is 0 Å². The second-order valence-electron chi connectivity index (χ2n) is 5.36. The quantitative estimate of drug-likeness (QED) is 0.830. The topological polar surface area (TPSA) is 55.3 Å². The van der Waals surface area contributed by atoms with E-state index in [9.17, 15) is 0 Å². The molecule has 0 bridgehead atoms. The lowest BCUT2D eigenvalue weighted by Crippen LogP contribution is -2.43. The van der Waals surface area contributed by atoms with Gasteiger partial charge in [0.25, 0.3) is 0 Å². The fourth-order valence-corrected chi connectivity index (χ4v) is 2.85. The maximum absolute atomic E-state index is 6.21. The minimum Gasteiger partial charge on any atom is -0.330 e. The summed E-state index contributed by atoms with van der Waals surface area (Å²) >= 11 is 0. The number of nitrogens with zero attached hydrogens (tertiary/aromatic N) is 1. The highest BCUT2D eigenvalue weighted by atomic mass is 15.1. The molecule has 2 rings (SSSR count). The zero-order valence-corrected chi connectivity index (χ0v) is 11.1. The van der Waals surface area contributed by atoms with E-state index in [-0.39, 0.29) is 6.04 Å². The summed E-state index contributed by atoms with van der Waals surface area (Å²) in [6, 6.07) is 11.0. The molecule has 1 aliphatic rings. The van der Waals surface area contributed by atoms with Gasteiger partial charge in [-0.05, 0) is 43.8 Å². The summed E-state index contributed by atoms with van der Waals surface area (Å²) < 4.78 is 0. The molecule has 0 aliphatic carbocycles. The molecular formula is C15H25N3. The molecule has 3 heteroatoms. The molecule has 1 heterocycles. The van der Waals surface area contributed by atoms with Crippen LogP contribution in [-0.4, -0.2) is 30.6 Å². The van der Waals surface area contributed by atoms with E-state index in [0.29, 0.717) is 12.5 Å². The highest BCUT2D eigenvalue weighted by Gasteiger charge is 2.24. The monoisotopic (exact) mass is 247 g/mol. The first-order valence-corrected chi connectivity index (χ1v) is 7.01. The molecule has 0 radical (unpaired) electrons. The first kappa shape index (κ1) is 13.5. The van der Waals surface area contributed by atoms with Crippen molar-refractivity contribution in [3.8, 4) is 0 Å². The SMILES string of the molecule is NCCC(N)C1CCCN(Cc2ccccc2)C1. The lowest BCUT2D eigenvalue weighted by Gasteiger charge is -2.35. The van der Waals surface area contributed by atoms with E-state index in [1.807, 2.05) is 0 Å². The van der Waals surface area contributed by atoms with E-state index < -0.39 is 0 Å². The van der Waals surface area contributed by atoms with Gasteiger partial charge in [-0.15, -0.1) is 0 Å². The molecule has 18 heavy (non-hydrogen) atoms. The first-order valence-electron chi connectivity index (χ1n) is 7.01. The van der Waals surface area contributed by atoms with Crippen LogP contribution in [0.5, 0.6) is 0 Å². The normalized spacial score (nSPS) is 22.9. The van der Waals surface area contributed by atoms with Crippen LogP contribution < -0.4 is 11.5 Å². The fourth-order valence-electron chi connectivity index (χ4n) is 2.85. The Hall–Kier alpha value is -0.900. The van der Waals surface area contributed by atoms with Gasteiger partial charge in [-0.3, -0.25) is 4.90 Å². The Labute approximate surface area is 110 Å². The molecule has 0 amide bonds.